The standard InChI is InChI=1S/C16H21N3O/c17-12-15-9-5-11-19(13-15)16(20)18-10-4-8-14-6-2-1-3-7-14/h1-3,6-7,15H,4-5,8-11,13H2,(H,18,20)/t15-/m1/s1. The number of hydrogen-bond donors (Lipinski definition) is 1. The first-order valence-electron chi connectivity index (χ1n) is 7.26. The van der Waals surface area contributed by atoms with E-state index in [-0.39, 0.29) is 11.9 Å². The van der Waals surface area contributed by atoms with Gasteiger partial charge in [-0.2, -0.15) is 5.26 Å². The molecule has 106 valence electrons. The maximum Gasteiger partial charge on any atom is 0.317 e. The van der Waals surface area contributed by atoms with Crippen molar-refractivity contribution in [2.45, 2.75) is 25.7 Å². The lowest BCUT2D eigenvalue weighted by Crippen LogP contribution is -2.45. The summed E-state index contributed by atoms with van der Waals surface area (Å²) in [6, 6.07) is 12.5. The summed E-state index contributed by atoms with van der Waals surface area (Å²) >= 11 is 0. The second-order valence-electron chi connectivity index (χ2n) is 5.24. The summed E-state index contributed by atoms with van der Waals surface area (Å²) < 4.78 is 0. The van der Waals surface area contributed by atoms with Crippen LogP contribution in [0.1, 0.15) is 24.8 Å². The molecule has 1 fully saturated rings. The summed E-state index contributed by atoms with van der Waals surface area (Å²) in [6.07, 6.45) is 3.75. The summed E-state index contributed by atoms with van der Waals surface area (Å²) in [7, 11) is 0. The Morgan fingerprint density at radius 1 is 1.40 bits per heavy atom. The van der Waals surface area contributed by atoms with Gasteiger partial charge in [0.1, 0.15) is 0 Å². The van der Waals surface area contributed by atoms with E-state index < -0.39 is 0 Å². The van der Waals surface area contributed by atoms with Crippen molar-refractivity contribution in [3.8, 4) is 6.07 Å². The molecule has 2 rings (SSSR count). The molecule has 1 atom stereocenters. The molecule has 2 amide bonds. The minimum Gasteiger partial charge on any atom is -0.338 e. The number of likely N-dealkylation sites (tertiary alicyclic amines) is 1. The van der Waals surface area contributed by atoms with Crippen LogP contribution in [-0.2, 0) is 6.42 Å². The van der Waals surface area contributed by atoms with Gasteiger partial charge in [0.25, 0.3) is 0 Å². The minimum absolute atomic E-state index is 0.00109. The van der Waals surface area contributed by atoms with Gasteiger partial charge < -0.3 is 10.2 Å². The Kier molecular flexibility index (Phi) is 5.43. The zero-order chi connectivity index (χ0) is 14.2. The van der Waals surface area contributed by atoms with Crippen LogP contribution in [0.4, 0.5) is 4.79 Å². The molecule has 20 heavy (non-hydrogen) atoms. The number of amides is 2. The normalized spacial score (nSPS) is 18.4. The van der Waals surface area contributed by atoms with E-state index in [0.29, 0.717) is 13.1 Å². The lowest BCUT2D eigenvalue weighted by atomic mass is 10.0. The summed E-state index contributed by atoms with van der Waals surface area (Å²) in [5.41, 5.74) is 1.30. The molecule has 1 aromatic carbocycles. The van der Waals surface area contributed by atoms with Gasteiger partial charge >= 0.3 is 6.03 Å². The molecule has 1 aliphatic heterocycles. The maximum absolute atomic E-state index is 12.0. The number of aryl methyl sites for hydroxylation is 1. The molecule has 0 saturated carbocycles. The Morgan fingerprint density at radius 3 is 2.95 bits per heavy atom. The third-order valence-corrected chi connectivity index (χ3v) is 3.65. The average Bonchev–Trinajstić information content (AvgIpc) is 2.52. The summed E-state index contributed by atoms with van der Waals surface area (Å²) in [5, 5.41) is 11.9. The van der Waals surface area contributed by atoms with E-state index in [1.54, 1.807) is 4.90 Å². The van der Waals surface area contributed by atoms with Gasteiger partial charge in [0, 0.05) is 19.6 Å². The zero-order valence-electron chi connectivity index (χ0n) is 11.7. The fourth-order valence-electron chi connectivity index (χ4n) is 2.51. The Morgan fingerprint density at radius 2 is 2.20 bits per heavy atom. The van der Waals surface area contributed by atoms with Crippen LogP contribution in [0, 0.1) is 17.2 Å². The van der Waals surface area contributed by atoms with Crippen LogP contribution in [-0.4, -0.2) is 30.6 Å². The predicted molar refractivity (Wildman–Crippen MR) is 78.1 cm³/mol. The molecule has 4 nitrogen and oxygen atoms in total. The molecule has 0 radical (unpaired) electrons. The van der Waals surface area contributed by atoms with Crippen molar-refractivity contribution in [2.75, 3.05) is 19.6 Å². The second kappa shape index (κ2) is 7.54. The first kappa shape index (κ1) is 14.4. The van der Waals surface area contributed by atoms with Gasteiger partial charge in [-0.05, 0) is 31.2 Å². The molecule has 0 spiro atoms. The van der Waals surface area contributed by atoms with Crippen molar-refractivity contribution >= 4 is 6.03 Å². The largest absolute Gasteiger partial charge is 0.338 e. The number of hydrogen-bond acceptors (Lipinski definition) is 2. The lowest BCUT2D eigenvalue weighted by molar-refractivity contribution is 0.176. The van der Waals surface area contributed by atoms with Crippen LogP contribution < -0.4 is 5.32 Å². The van der Waals surface area contributed by atoms with Crippen molar-refractivity contribution in [2.24, 2.45) is 5.92 Å². The van der Waals surface area contributed by atoms with Crippen LogP contribution in [0.5, 0.6) is 0 Å². The second-order valence-corrected chi connectivity index (χ2v) is 5.24. The number of nitrogens with zero attached hydrogens (tertiary/aromatic N) is 2. The van der Waals surface area contributed by atoms with Crippen molar-refractivity contribution in [1.82, 2.24) is 10.2 Å². The molecule has 0 unspecified atom stereocenters. The Hall–Kier alpha value is -2.02. The third-order valence-electron chi connectivity index (χ3n) is 3.65. The predicted octanol–water partition coefficient (Wildman–Crippen LogP) is 2.56. The number of rotatable bonds is 4. The fraction of sp³-hybridized carbons (Fsp3) is 0.500. The first-order valence-corrected chi connectivity index (χ1v) is 7.26. The van der Waals surface area contributed by atoms with E-state index in [4.69, 9.17) is 5.26 Å². The van der Waals surface area contributed by atoms with Gasteiger partial charge in [-0.3, -0.25) is 0 Å². The number of piperidine rings is 1. The average molecular weight is 271 g/mol. The molecule has 1 aliphatic rings. The number of nitriles is 1. The van der Waals surface area contributed by atoms with E-state index in [9.17, 15) is 4.79 Å². The molecular formula is C16H21N3O. The summed E-state index contributed by atoms with van der Waals surface area (Å²) in [5.74, 6) is -0.00109. The smallest absolute Gasteiger partial charge is 0.317 e. The van der Waals surface area contributed by atoms with Crippen molar-refractivity contribution in [1.29, 1.82) is 5.26 Å². The quantitative estimate of drug-likeness (QED) is 0.856. The number of urea groups is 1. The molecule has 1 aromatic rings. The van der Waals surface area contributed by atoms with E-state index in [1.165, 1.54) is 5.56 Å². The molecule has 1 N–H and O–H groups in total. The topological polar surface area (TPSA) is 56.1 Å². The minimum atomic E-state index is -0.0296. The van der Waals surface area contributed by atoms with Gasteiger partial charge in [-0.25, -0.2) is 4.79 Å². The number of carbonyl (C=O) groups is 1. The van der Waals surface area contributed by atoms with Gasteiger partial charge in [-0.1, -0.05) is 30.3 Å². The first-order chi connectivity index (χ1) is 9.79. The highest BCUT2D eigenvalue weighted by Gasteiger charge is 2.22. The zero-order valence-corrected chi connectivity index (χ0v) is 11.7. The van der Waals surface area contributed by atoms with E-state index >= 15 is 0 Å². The van der Waals surface area contributed by atoms with Crippen LogP contribution >= 0.6 is 0 Å². The Bertz CT molecular complexity index is 466. The van der Waals surface area contributed by atoms with Crippen LogP contribution in [0.15, 0.2) is 30.3 Å². The number of carbonyl (C=O) groups excluding carboxylic acids is 1. The molecular weight excluding hydrogens is 250 g/mol. The van der Waals surface area contributed by atoms with E-state index in [1.807, 2.05) is 18.2 Å². The third kappa shape index (κ3) is 4.27. The fourth-order valence-corrected chi connectivity index (χ4v) is 2.51. The molecule has 0 aliphatic carbocycles. The summed E-state index contributed by atoms with van der Waals surface area (Å²) in [4.78, 5) is 13.7. The molecule has 4 heteroatoms. The van der Waals surface area contributed by atoms with E-state index in [0.717, 1.165) is 32.2 Å². The van der Waals surface area contributed by atoms with Gasteiger partial charge in [0.2, 0.25) is 0 Å². The summed E-state index contributed by atoms with van der Waals surface area (Å²) in [6.45, 7) is 2.02. The van der Waals surface area contributed by atoms with Crippen LogP contribution in [0.3, 0.4) is 0 Å². The highest BCUT2D eigenvalue weighted by atomic mass is 16.2. The molecule has 1 saturated heterocycles. The van der Waals surface area contributed by atoms with Crippen LogP contribution in [0.25, 0.3) is 0 Å². The van der Waals surface area contributed by atoms with Gasteiger partial charge in [0.05, 0.1) is 12.0 Å². The highest BCUT2D eigenvalue weighted by Crippen LogP contribution is 2.15. The number of nitrogens with one attached hydrogen (secondary N) is 1. The van der Waals surface area contributed by atoms with Gasteiger partial charge in [-0.15, -0.1) is 0 Å². The molecule has 1 heterocycles. The maximum atomic E-state index is 12.0. The Balaban J connectivity index is 1.66. The number of benzene rings is 1. The SMILES string of the molecule is N#C[C@H]1CCCN(C(=O)NCCCc2ccccc2)C1. The van der Waals surface area contributed by atoms with Crippen LogP contribution in [0.2, 0.25) is 0 Å². The van der Waals surface area contributed by atoms with Gasteiger partial charge in [0.15, 0.2) is 0 Å². The molecule has 0 bridgehead atoms. The van der Waals surface area contributed by atoms with E-state index in [2.05, 4.69) is 23.5 Å². The highest BCUT2D eigenvalue weighted by molar-refractivity contribution is 5.74. The monoisotopic (exact) mass is 271 g/mol. The lowest BCUT2D eigenvalue weighted by Gasteiger charge is -2.29. The van der Waals surface area contributed by atoms with Crippen molar-refractivity contribution < 1.29 is 4.79 Å². The van der Waals surface area contributed by atoms with Crippen molar-refractivity contribution in [3.05, 3.63) is 35.9 Å². The van der Waals surface area contributed by atoms with Crippen molar-refractivity contribution in [3.63, 3.8) is 0 Å². The Labute approximate surface area is 120 Å². The molecule has 0 aromatic heterocycles.